The van der Waals surface area contributed by atoms with E-state index < -0.39 is 0 Å². The van der Waals surface area contributed by atoms with E-state index >= 15 is 0 Å². The molecule has 2 aromatic heterocycles. The molecule has 4 aromatic rings. The smallest absolute Gasteiger partial charge is 0.322 e. The van der Waals surface area contributed by atoms with Crippen molar-refractivity contribution in [3.8, 4) is 10.6 Å². The van der Waals surface area contributed by atoms with Gasteiger partial charge < -0.3 is 14.8 Å². The highest BCUT2D eigenvalue weighted by atomic mass is 32.1. The third-order valence-electron chi connectivity index (χ3n) is 5.61. The van der Waals surface area contributed by atoms with E-state index in [0.29, 0.717) is 0 Å². The highest BCUT2D eigenvalue weighted by Gasteiger charge is 2.33. The Morgan fingerprint density at radius 3 is 2.97 bits per heavy atom. The highest BCUT2D eigenvalue weighted by molar-refractivity contribution is 7.13. The fraction of sp³-hybridized carbons (Fsp3) is 0.261. The Labute approximate surface area is 179 Å². The summed E-state index contributed by atoms with van der Waals surface area (Å²) in [5.74, 6) is 0.975. The Morgan fingerprint density at radius 2 is 2.13 bits per heavy atom. The number of urea groups is 1. The Kier molecular flexibility index (Phi) is 4.96. The number of likely N-dealkylation sites (tertiary alicyclic amines) is 1. The third kappa shape index (κ3) is 3.35. The molecule has 7 heteroatoms. The molecule has 0 aliphatic carbocycles. The second-order valence-electron chi connectivity index (χ2n) is 7.40. The summed E-state index contributed by atoms with van der Waals surface area (Å²) in [5.41, 5.74) is 3.90. The van der Waals surface area contributed by atoms with Crippen LogP contribution in [0.2, 0.25) is 0 Å². The van der Waals surface area contributed by atoms with Gasteiger partial charge in [0.25, 0.3) is 0 Å². The fourth-order valence-corrected chi connectivity index (χ4v) is 4.89. The summed E-state index contributed by atoms with van der Waals surface area (Å²) in [7, 11) is 0. The van der Waals surface area contributed by atoms with Crippen molar-refractivity contribution in [3.05, 3.63) is 65.9 Å². The first-order valence-corrected chi connectivity index (χ1v) is 11.2. The largest absolute Gasteiger partial charge is 0.327 e. The zero-order chi connectivity index (χ0) is 20.5. The van der Waals surface area contributed by atoms with Gasteiger partial charge in [-0.05, 0) is 44.0 Å². The van der Waals surface area contributed by atoms with E-state index in [1.165, 1.54) is 0 Å². The van der Waals surface area contributed by atoms with Crippen molar-refractivity contribution in [2.45, 2.75) is 32.4 Å². The molecule has 1 atom stereocenters. The topological polar surface area (TPSA) is 63.1 Å². The summed E-state index contributed by atoms with van der Waals surface area (Å²) < 4.78 is 2.23. The van der Waals surface area contributed by atoms with Gasteiger partial charge in [0.2, 0.25) is 0 Å². The molecule has 0 spiro atoms. The number of hydrogen-bond acceptors (Lipinski definition) is 4. The number of thiazole rings is 1. The van der Waals surface area contributed by atoms with Gasteiger partial charge in [0.15, 0.2) is 0 Å². The van der Waals surface area contributed by atoms with Crippen molar-refractivity contribution in [3.63, 3.8) is 0 Å². The third-order valence-corrected chi connectivity index (χ3v) is 6.43. The summed E-state index contributed by atoms with van der Waals surface area (Å²) in [6.07, 6.45) is 3.69. The molecule has 0 saturated carbocycles. The molecule has 5 rings (SSSR count). The first-order valence-electron chi connectivity index (χ1n) is 10.3. The van der Waals surface area contributed by atoms with Crippen molar-refractivity contribution in [2.75, 3.05) is 11.9 Å². The van der Waals surface area contributed by atoms with Crippen LogP contribution in [0.1, 0.15) is 31.6 Å². The Hall–Kier alpha value is -3.19. The maximum atomic E-state index is 13.2. The Bertz CT molecular complexity index is 1180. The van der Waals surface area contributed by atoms with Crippen LogP contribution < -0.4 is 5.32 Å². The minimum Gasteiger partial charge on any atom is -0.327 e. The molecule has 3 heterocycles. The number of imidazole rings is 1. The monoisotopic (exact) mass is 417 g/mol. The molecule has 30 heavy (non-hydrogen) atoms. The van der Waals surface area contributed by atoms with Gasteiger partial charge in [-0.1, -0.05) is 24.3 Å². The number of para-hydroxylation sites is 2. The lowest BCUT2D eigenvalue weighted by Gasteiger charge is -2.25. The molecule has 0 radical (unpaired) electrons. The zero-order valence-electron chi connectivity index (χ0n) is 16.8. The number of carbonyl (C=O) groups is 1. The normalized spacial score (nSPS) is 16.3. The number of nitrogens with one attached hydrogen (secondary N) is 1. The molecular weight excluding hydrogens is 394 g/mol. The summed E-state index contributed by atoms with van der Waals surface area (Å²) in [4.78, 5) is 24.3. The number of aryl methyl sites for hydroxylation is 1. The van der Waals surface area contributed by atoms with E-state index in [2.05, 4.69) is 27.9 Å². The van der Waals surface area contributed by atoms with Crippen molar-refractivity contribution in [2.24, 2.45) is 0 Å². The van der Waals surface area contributed by atoms with Gasteiger partial charge in [0.1, 0.15) is 10.8 Å². The molecule has 0 bridgehead atoms. The number of nitrogens with zero attached hydrogens (tertiary/aromatic N) is 4. The Balaban J connectivity index is 1.41. The lowest BCUT2D eigenvalue weighted by atomic mass is 10.2. The van der Waals surface area contributed by atoms with Crippen LogP contribution in [0.25, 0.3) is 21.6 Å². The van der Waals surface area contributed by atoms with Crippen LogP contribution in [0.4, 0.5) is 10.5 Å². The van der Waals surface area contributed by atoms with Gasteiger partial charge in [-0.15, -0.1) is 11.3 Å². The van der Waals surface area contributed by atoms with Gasteiger partial charge >= 0.3 is 6.03 Å². The minimum absolute atomic E-state index is 0.0144. The predicted octanol–water partition coefficient (Wildman–Crippen LogP) is 5.55. The summed E-state index contributed by atoms with van der Waals surface area (Å²) in [5, 5.41) is 5.98. The number of hydrogen-bond donors (Lipinski definition) is 1. The van der Waals surface area contributed by atoms with Crippen LogP contribution in [0.15, 0.2) is 60.1 Å². The van der Waals surface area contributed by atoms with Crippen LogP contribution in [0.3, 0.4) is 0 Å². The number of benzene rings is 2. The molecule has 1 N–H and O–H groups in total. The molecule has 2 aromatic carbocycles. The highest BCUT2D eigenvalue weighted by Crippen LogP contribution is 2.34. The van der Waals surface area contributed by atoms with Crippen molar-refractivity contribution in [1.29, 1.82) is 0 Å². The fourth-order valence-electron chi connectivity index (χ4n) is 4.25. The molecule has 1 unspecified atom stereocenters. The van der Waals surface area contributed by atoms with E-state index in [9.17, 15) is 4.79 Å². The molecule has 1 aliphatic rings. The first-order chi connectivity index (χ1) is 14.7. The lowest BCUT2D eigenvalue weighted by molar-refractivity contribution is 0.204. The Morgan fingerprint density at radius 1 is 1.23 bits per heavy atom. The average molecular weight is 418 g/mol. The van der Waals surface area contributed by atoms with Crippen LogP contribution in [-0.2, 0) is 6.54 Å². The maximum Gasteiger partial charge on any atom is 0.322 e. The van der Waals surface area contributed by atoms with E-state index in [-0.39, 0.29) is 12.1 Å². The van der Waals surface area contributed by atoms with Gasteiger partial charge in [0, 0.05) is 35.9 Å². The quantitative estimate of drug-likeness (QED) is 0.474. The van der Waals surface area contributed by atoms with Gasteiger partial charge in [0.05, 0.1) is 17.1 Å². The van der Waals surface area contributed by atoms with E-state index in [0.717, 1.165) is 59.0 Å². The van der Waals surface area contributed by atoms with Crippen LogP contribution in [-0.4, -0.2) is 32.0 Å². The number of carbonyl (C=O) groups excluding carboxylic acids is 1. The molecule has 6 nitrogen and oxygen atoms in total. The van der Waals surface area contributed by atoms with E-state index in [1.54, 1.807) is 17.5 Å². The van der Waals surface area contributed by atoms with Crippen molar-refractivity contribution >= 4 is 34.1 Å². The summed E-state index contributed by atoms with van der Waals surface area (Å²) in [6, 6.07) is 15.9. The first kappa shape index (κ1) is 18.8. The molecule has 1 fully saturated rings. The number of aromatic nitrogens is 3. The van der Waals surface area contributed by atoms with Gasteiger partial charge in [-0.2, -0.15) is 0 Å². The lowest BCUT2D eigenvalue weighted by Crippen LogP contribution is -2.35. The van der Waals surface area contributed by atoms with Crippen molar-refractivity contribution < 1.29 is 4.79 Å². The number of anilines is 1. The number of fused-ring (bicyclic) bond motifs is 1. The van der Waals surface area contributed by atoms with E-state index in [1.807, 2.05) is 52.7 Å². The number of amides is 2. The minimum atomic E-state index is -0.0801. The summed E-state index contributed by atoms with van der Waals surface area (Å²) >= 11 is 1.59. The molecule has 1 saturated heterocycles. The van der Waals surface area contributed by atoms with Crippen LogP contribution >= 0.6 is 11.3 Å². The second-order valence-corrected chi connectivity index (χ2v) is 8.30. The second kappa shape index (κ2) is 7.91. The SMILES string of the molecule is CCn1c(C2CCCN2C(=O)Nc2cccc(-c3nccs3)c2)nc2ccccc21. The van der Waals surface area contributed by atoms with Gasteiger partial charge in [-0.25, -0.2) is 14.8 Å². The maximum absolute atomic E-state index is 13.2. The molecule has 2 amide bonds. The number of rotatable bonds is 4. The molecule has 1 aliphatic heterocycles. The van der Waals surface area contributed by atoms with Crippen LogP contribution in [0.5, 0.6) is 0 Å². The molecular formula is C23H23N5OS. The standard InChI is InChI=1S/C23H23N5OS/c1-2-27-19-10-4-3-9-18(19)26-21(27)20-11-6-13-28(20)23(29)25-17-8-5-7-16(15-17)22-24-12-14-30-22/h3-5,7-10,12,14-15,20H,2,6,11,13H2,1H3,(H,25,29). The molecule has 152 valence electrons. The zero-order valence-corrected chi connectivity index (χ0v) is 17.6. The average Bonchev–Trinajstić information content (AvgIpc) is 3.52. The van der Waals surface area contributed by atoms with E-state index in [4.69, 9.17) is 4.98 Å². The predicted molar refractivity (Wildman–Crippen MR) is 121 cm³/mol. The van der Waals surface area contributed by atoms with Crippen molar-refractivity contribution in [1.82, 2.24) is 19.4 Å². The van der Waals surface area contributed by atoms with Crippen LogP contribution in [0, 0.1) is 0 Å². The summed E-state index contributed by atoms with van der Waals surface area (Å²) in [6.45, 7) is 3.69. The van der Waals surface area contributed by atoms with Gasteiger partial charge in [-0.3, -0.25) is 0 Å².